The highest BCUT2D eigenvalue weighted by Gasteiger charge is 2.18. The van der Waals surface area contributed by atoms with Crippen molar-refractivity contribution in [3.63, 3.8) is 0 Å². The first-order valence-electron chi connectivity index (χ1n) is 9.75. The monoisotopic (exact) mass is 403 g/mol. The van der Waals surface area contributed by atoms with Crippen LogP contribution in [0.2, 0.25) is 0 Å². The Hall–Kier alpha value is -1.63. The fourth-order valence-electron chi connectivity index (χ4n) is 3.37. The molecular formula is C21H29N3OS2. The molecule has 1 aromatic heterocycles. The molecule has 1 aliphatic rings. The Bertz CT molecular complexity index is 693. The molecule has 146 valence electrons. The van der Waals surface area contributed by atoms with Gasteiger partial charge in [0.2, 0.25) is 0 Å². The first-order chi connectivity index (χ1) is 13.2. The highest BCUT2D eigenvalue weighted by Crippen LogP contribution is 2.24. The van der Waals surface area contributed by atoms with Crippen LogP contribution in [0.25, 0.3) is 0 Å². The number of benzene rings is 1. The Kier molecular flexibility index (Phi) is 7.50. The molecule has 1 fully saturated rings. The topological polar surface area (TPSA) is 27.7 Å². The first kappa shape index (κ1) is 20.1. The Morgan fingerprint density at radius 3 is 2.52 bits per heavy atom. The van der Waals surface area contributed by atoms with Crippen LogP contribution in [0.1, 0.15) is 31.6 Å². The van der Waals surface area contributed by atoms with E-state index in [1.165, 1.54) is 10.6 Å². The molecule has 1 N–H and O–H groups in total. The normalized spacial score (nSPS) is 16.3. The van der Waals surface area contributed by atoms with Gasteiger partial charge in [0.25, 0.3) is 0 Å². The molecule has 0 radical (unpaired) electrons. The van der Waals surface area contributed by atoms with Gasteiger partial charge in [0.1, 0.15) is 0 Å². The van der Waals surface area contributed by atoms with Gasteiger partial charge in [-0.3, -0.25) is 0 Å². The lowest BCUT2D eigenvalue weighted by Crippen LogP contribution is -2.42. The summed E-state index contributed by atoms with van der Waals surface area (Å²) in [6.07, 6.45) is 2.53. The Labute approximate surface area is 172 Å². The number of thiophene rings is 1. The number of rotatable bonds is 8. The van der Waals surface area contributed by atoms with Crippen LogP contribution < -0.4 is 15.1 Å². The third kappa shape index (κ3) is 5.43. The van der Waals surface area contributed by atoms with E-state index in [1.54, 1.807) is 11.3 Å². The van der Waals surface area contributed by atoms with Crippen molar-refractivity contribution in [1.29, 1.82) is 0 Å². The third-order valence-electron chi connectivity index (χ3n) is 4.93. The molecule has 4 nitrogen and oxygen atoms in total. The van der Waals surface area contributed by atoms with Crippen molar-refractivity contribution in [2.75, 3.05) is 36.0 Å². The lowest BCUT2D eigenvalue weighted by Gasteiger charge is -2.27. The number of hydrogen-bond donors (Lipinski definition) is 1. The second kappa shape index (κ2) is 10.1. The summed E-state index contributed by atoms with van der Waals surface area (Å²) >= 11 is 7.51. The summed E-state index contributed by atoms with van der Waals surface area (Å²) in [5, 5.41) is 6.29. The molecule has 1 aromatic carbocycles. The van der Waals surface area contributed by atoms with Crippen molar-refractivity contribution in [3.05, 3.63) is 46.7 Å². The van der Waals surface area contributed by atoms with E-state index < -0.39 is 0 Å². The largest absolute Gasteiger partial charge is 0.376 e. The van der Waals surface area contributed by atoms with Crippen LogP contribution in [-0.2, 0) is 11.3 Å². The van der Waals surface area contributed by atoms with Crippen molar-refractivity contribution in [1.82, 2.24) is 5.32 Å². The number of thiocarbonyl (C=S) groups is 1. The van der Waals surface area contributed by atoms with Crippen LogP contribution in [0.3, 0.4) is 0 Å². The molecule has 0 saturated carbocycles. The average Bonchev–Trinajstić information content (AvgIpc) is 3.40. The zero-order valence-corrected chi connectivity index (χ0v) is 17.8. The van der Waals surface area contributed by atoms with Crippen molar-refractivity contribution in [3.8, 4) is 0 Å². The predicted octanol–water partition coefficient (Wildman–Crippen LogP) is 4.65. The Balaban J connectivity index is 1.73. The second-order valence-electron chi connectivity index (χ2n) is 6.68. The van der Waals surface area contributed by atoms with Crippen LogP contribution in [-0.4, -0.2) is 37.5 Å². The summed E-state index contributed by atoms with van der Waals surface area (Å²) in [6, 6.07) is 13.0. The molecule has 27 heavy (non-hydrogen) atoms. The number of ether oxygens (including phenoxy) is 1. The van der Waals surface area contributed by atoms with Crippen molar-refractivity contribution < 1.29 is 4.74 Å². The van der Waals surface area contributed by atoms with Gasteiger partial charge in [0.05, 0.1) is 12.6 Å². The predicted molar refractivity (Wildman–Crippen MR) is 120 cm³/mol. The zero-order valence-electron chi connectivity index (χ0n) is 16.2. The molecule has 1 aliphatic heterocycles. The summed E-state index contributed by atoms with van der Waals surface area (Å²) in [5.41, 5.74) is 2.36. The van der Waals surface area contributed by atoms with Gasteiger partial charge in [-0.2, -0.15) is 0 Å². The molecule has 0 bridgehead atoms. The highest BCUT2D eigenvalue weighted by molar-refractivity contribution is 7.80. The van der Waals surface area contributed by atoms with Crippen molar-refractivity contribution in [2.45, 2.75) is 39.3 Å². The fourth-order valence-corrected chi connectivity index (χ4v) is 4.32. The van der Waals surface area contributed by atoms with E-state index >= 15 is 0 Å². The van der Waals surface area contributed by atoms with Crippen molar-refractivity contribution >= 4 is 40.0 Å². The first-order valence-corrected chi connectivity index (χ1v) is 11.0. The molecule has 1 saturated heterocycles. The van der Waals surface area contributed by atoms with Crippen LogP contribution in [0, 0.1) is 0 Å². The standard InChI is InChI=1S/C21H29N3OS2/c1-3-23(4-2)17-9-11-18(12-10-17)24(16-20-8-6-14-27-20)21(26)22-15-19-7-5-13-25-19/h6,8-12,14,19H,3-5,7,13,15-16H2,1-2H3,(H,22,26)/t19-/m0/s1. The second-order valence-corrected chi connectivity index (χ2v) is 8.09. The molecule has 2 aromatic rings. The van der Waals surface area contributed by atoms with E-state index in [-0.39, 0.29) is 6.10 Å². The molecule has 0 aliphatic carbocycles. The van der Waals surface area contributed by atoms with Gasteiger partial charge in [-0.1, -0.05) is 6.07 Å². The molecule has 0 spiro atoms. The van der Waals surface area contributed by atoms with E-state index in [2.05, 4.69) is 70.7 Å². The quantitative estimate of drug-likeness (QED) is 0.648. The van der Waals surface area contributed by atoms with Crippen LogP contribution in [0.4, 0.5) is 11.4 Å². The maximum absolute atomic E-state index is 5.75. The van der Waals surface area contributed by atoms with Gasteiger partial charge in [-0.05, 0) is 74.6 Å². The van der Waals surface area contributed by atoms with E-state index in [0.29, 0.717) is 0 Å². The SMILES string of the molecule is CCN(CC)c1ccc(N(Cc2cccs2)C(=S)NC[C@@H]2CCCO2)cc1. The minimum absolute atomic E-state index is 0.275. The van der Waals surface area contributed by atoms with E-state index in [4.69, 9.17) is 17.0 Å². The minimum atomic E-state index is 0.275. The molecule has 2 heterocycles. The fraction of sp³-hybridized carbons (Fsp3) is 0.476. The van der Waals surface area contributed by atoms with Gasteiger partial charge in [0, 0.05) is 42.5 Å². The molecule has 6 heteroatoms. The van der Waals surface area contributed by atoms with Gasteiger partial charge >= 0.3 is 0 Å². The van der Waals surface area contributed by atoms with Crippen molar-refractivity contribution in [2.24, 2.45) is 0 Å². The number of nitrogens with one attached hydrogen (secondary N) is 1. The van der Waals surface area contributed by atoms with E-state index in [9.17, 15) is 0 Å². The summed E-state index contributed by atoms with van der Waals surface area (Å²) < 4.78 is 5.72. The molecule has 1 atom stereocenters. The molecule has 0 unspecified atom stereocenters. The van der Waals surface area contributed by atoms with Crippen LogP contribution in [0.15, 0.2) is 41.8 Å². The van der Waals surface area contributed by atoms with E-state index in [1.807, 2.05) is 0 Å². The zero-order chi connectivity index (χ0) is 19.1. The summed E-state index contributed by atoms with van der Waals surface area (Å²) in [5.74, 6) is 0. The van der Waals surface area contributed by atoms with Gasteiger partial charge < -0.3 is 19.9 Å². The highest BCUT2D eigenvalue weighted by atomic mass is 32.1. The molecule has 3 rings (SSSR count). The molecular weight excluding hydrogens is 374 g/mol. The van der Waals surface area contributed by atoms with Crippen LogP contribution in [0.5, 0.6) is 0 Å². The Morgan fingerprint density at radius 2 is 1.93 bits per heavy atom. The summed E-state index contributed by atoms with van der Waals surface area (Å²) in [4.78, 5) is 5.83. The van der Waals surface area contributed by atoms with Gasteiger partial charge in [-0.15, -0.1) is 11.3 Å². The molecule has 0 amide bonds. The smallest absolute Gasteiger partial charge is 0.173 e. The van der Waals surface area contributed by atoms with Crippen LogP contribution >= 0.6 is 23.6 Å². The number of nitrogens with zero attached hydrogens (tertiary/aromatic N) is 2. The Morgan fingerprint density at radius 1 is 1.19 bits per heavy atom. The maximum Gasteiger partial charge on any atom is 0.173 e. The van der Waals surface area contributed by atoms with Gasteiger partial charge in [-0.25, -0.2) is 0 Å². The average molecular weight is 404 g/mol. The summed E-state index contributed by atoms with van der Waals surface area (Å²) in [7, 11) is 0. The van der Waals surface area contributed by atoms with E-state index in [0.717, 1.165) is 56.4 Å². The third-order valence-corrected chi connectivity index (χ3v) is 6.16. The number of anilines is 2. The lowest BCUT2D eigenvalue weighted by molar-refractivity contribution is 0.114. The number of hydrogen-bond acceptors (Lipinski definition) is 4. The lowest BCUT2D eigenvalue weighted by atomic mass is 10.2. The maximum atomic E-state index is 5.75. The van der Waals surface area contributed by atoms with Gasteiger partial charge in [0.15, 0.2) is 5.11 Å². The minimum Gasteiger partial charge on any atom is -0.376 e. The summed E-state index contributed by atoms with van der Waals surface area (Å²) in [6.45, 7) is 8.81.